The summed E-state index contributed by atoms with van der Waals surface area (Å²) in [5.41, 5.74) is 8.66. The highest BCUT2D eigenvalue weighted by molar-refractivity contribution is 7.80. The van der Waals surface area contributed by atoms with E-state index in [-0.39, 0.29) is 17.1 Å². The van der Waals surface area contributed by atoms with Crippen LogP contribution in [0.25, 0.3) is 21.3 Å². The van der Waals surface area contributed by atoms with Crippen molar-refractivity contribution < 1.29 is 0 Å². The fourth-order valence-electron chi connectivity index (χ4n) is 2.51. The minimum Gasteiger partial charge on any atom is -0.392 e. The molecule has 0 aliphatic heterocycles. The molecular formula is C17H17N3OS2. The lowest BCUT2D eigenvalue weighted by molar-refractivity contribution is 0.796. The summed E-state index contributed by atoms with van der Waals surface area (Å²) in [7, 11) is 0. The van der Waals surface area contributed by atoms with Crippen LogP contribution < -0.4 is 11.3 Å². The summed E-state index contributed by atoms with van der Waals surface area (Å²) in [6, 6.07) is 8.32. The van der Waals surface area contributed by atoms with Gasteiger partial charge in [-0.1, -0.05) is 50.3 Å². The van der Waals surface area contributed by atoms with Crippen LogP contribution >= 0.6 is 23.6 Å². The Labute approximate surface area is 143 Å². The van der Waals surface area contributed by atoms with E-state index in [1.165, 1.54) is 27.8 Å². The molecule has 6 heteroatoms. The molecule has 0 unspecified atom stereocenters. The van der Waals surface area contributed by atoms with E-state index in [2.05, 4.69) is 43.1 Å². The number of fused-ring (bicyclic) bond motifs is 1. The molecule has 2 heterocycles. The van der Waals surface area contributed by atoms with Gasteiger partial charge in [0.05, 0.1) is 23.2 Å². The minimum absolute atomic E-state index is 0.105. The van der Waals surface area contributed by atoms with Gasteiger partial charge in [-0.05, 0) is 17.0 Å². The molecule has 1 aromatic carbocycles. The van der Waals surface area contributed by atoms with Gasteiger partial charge in [-0.3, -0.25) is 9.36 Å². The Morgan fingerprint density at radius 3 is 2.65 bits per heavy atom. The Balaban J connectivity index is 2.14. The first-order chi connectivity index (χ1) is 11.0. The van der Waals surface area contributed by atoms with E-state index in [4.69, 9.17) is 18.0 Å². The Hall–Kier alpha value is -2.05. The number of nitrogens with zero attached hydrogens (tertiary/aromatic N) is 2. The fraction of sp³-hybridized carbons (Fsp3) is 0.235. The molecule has 0 aliphatic rings. The van der Waals surface area contributed by atoms with Gasteiger partial charge in [-0.25, -0.2) is 4.98 Å². The lowest BCUT2D eigenvalue weighted by Crippen LogP contribution is -2.27. The molecule has 23 heavy (non-hydrogen) atoms. The first-order valence-electron chi connectivity index (χ1n) is 7.32. The van der Waals surface area contributed by atoms with Crippen LogP contribution in [0.15, 0.2) is 40.8 Å². The summed E-state index contributed by atoms with van der Waals surface area (Å²) in [4.78, 5) is 18.1. The monoisotopic (exact) mass is 343 g/mol. The second kappa shape index (κ2) is 6.22. The van der Waals surface area contributed by atoms with Crippen LogP contribution in [0, 0.1) is 0 Å². The average Bonchev–Trinajstić information content (AvgIpc) is 2.94. The highest BCUT2D eigenvalue weighted by Crippen LogP contribution is 2.31. The van der Waals surface area contributed by atoms with E-state index >= 15 is 0 Å². The highest BCUT2D eigenvalue weighted by Gasteiger charge is 2.13. The number of benzene rings is 1. The molecule has 118 valence electrons. The number of thiocarbonyl (C=S) groups is 1. The van der Waals surface area contributed by atoms with Crippen molar-refractivity contribution >= 4 is 38.8 Å². The third-order valence-corrected chi connectivity index (χ3v) is 4.79. The van der Waals surface area contributed by atoms with Crippen molar-refractivity contribution in [2.24, 2.45) is 5.73 Å². The Bertz CT molecular complexity index is 923. The van der Waals surface area contributed by atoms with E-state index in [1.54, 1.807) is 0 Å². The number of hydrogen-bond acceptors (Lipinski definition) is 4. The molecule has 4 nitrogen and oxygen atoms in total. The molecule has 3 rings (SSSR count). The Kier molecular flexibility index (Phi) is 4.28. The summed E-state index contributed by atoms with van der Waals surface area (Å²) in [6.45, 7) is 4.53. The molecule has 3 aromatic rings. The molecule has 0 bridgehead atoms. The van der Waals surface area contributed by atoms with Gasteiger partial charge in [-0.2, -0.15) is 0 Å². The lowest BCUT2D eigenvalue weighted by Gasteiger charge is -2.07. The van der Waals surface area contributed by atoms with Crippen LogP contribution in [0.4, 0.5) is 0 Å². The predicted octanol–water partition coefficient (Wildman–Crippen LogP) is 3.53. The maximum absolute atomic E-state index is 12.7. The van der Waals surface area contributed by atoms with E-state index in [9.17, 15) is 4.79 Å². The zero-order valence-corrected chi connectivity index (χ0v) is 14.6. The standard InChI is InChI=1S/C17H17N3OS2/c1-10(2)11-3-5-12(6-4-11)13-8-23-16-15(13)17(21)20(9-19-16)7-14(18)22/h3-6,8-10H,7H2,1-2H3,(H2,18,22). The van der Waals surface area contributed by atoms with Crippen molar-refractivity contribution in [3.63, 3.8) is 0 Å². The molecule has 0 spiro atoms. The average molecular weight is 343 g/mol. The van der Waals surface area contributed by atoms with Gasteiger partial charge in [0.25, 0.3) is 5.56 Å². The maximum atomic E-state index is 12.7. The number of thiophene rings is 1. The van der Waals surface area contributed by atoms with Crippen molar-refractivity contribution in [2.45, 2.75) is 26.3 Å². The largest absolute Gasteiger partial charge is 0.392 e. The van der Waals surface area contributed by atoms with Crippen LogP contribution in [-0.4, -0.2) is 14.5 Å². The number of aromatic nitrogens is 2. The zero-order chi connectivity index (χ0) is 16.6. The summed E-state index contributed by atoms with van der Waals surface area (Å²) >= 11 is 6.37. The van der Waals surface area contributed by atoms with Crippen molar-refractivity contribution in [3.05, 3.63) is 51.9 Å². The molecule has 0 aliphatic carbocycles. The van der Waals surface area contributed by atoms with Crippen LogP contribution in [0.3, 0.4) is 0 Å². The van der Waals surface area contributed by atoms with Gasteiger partial charge in [0.2, 0.25) is 0 Å². The molecule has 2 N–H and O–H groups in total. The van der Waals surface area contributed by atoms with Gasteiger partial charge in [0.1, 0.15) is 4.83 Å². The van der Waals surface area contributed by atoms with Crippen LogP contribution in [0.5, 0.6) is 0 Å². The van der Waals surface area contributed by atoms with E-state index in [1.807, 2.05) is 5.38 Å². The minimum atomic E-state index is -0.105. The summed E-state index contributed by atoms with van der Waals surface area (Å²) in [5, 5.41) is 2.61. The topological polar surface area (TPSA) is 60.9 Å². The van der Waals surface area contributed by atoms with E-state index in [0.29, 0.717) is 11.3 Å². The summed E-state index contributed by atoms with van der Waals surface area (Å²) < 4.78 is 1.46. The second-order valence-corrected chi connectivity index (χ2v) is 7.13. The normalized spacial score (nSPS) is 11.3. The van der Waals surface area contributed by atoms with Gasteiger partial charge in [0, 0.05) is 10.9 Å². The van der Waals surface area contributed by atoms with Gasteiger partial charge in [0.15, 0.2) is 0 Å². The van der Waals surface area contributed by atoms with Crippen molar-refractivity contribution in [1.29, 1.82) is 0 Å². The van der Waals surface area contributed by atoms with Gasteiger partial charge in [-0.15, -0.1) is 11.3 Å². The molecule has 2 aromatic heterocycles. The van der Waals surface area contributed by atoms with Crippen LogP contribution in [-0.2, 0) is 6.54 Å². The molecule has 0 fully saturated rings. The second-order valence-electron chi connectivity index (χ2n) is 5.75. The third-order valence-electron chi connectivity index (χ3n) is 3.78. The van der Waals surface area contributed by atoms with Crippen LogP contribution in [0.1, 0.15) is 25.3 Å². The number of hydrogen-bond donors (Lipinski definition) is 1. The quantitative estimate of drug-likeness (QED) is 0.736. The van der Waals surface area contributed by atoms with Crippen molar-refractivity contribution in [3.8, 4) is 11.1 Å². The Morgan fingerprint density at radius 1 is 1.35 bits per heavy atom. The molecular weight excluding hydrogens is 326 g/mol. The maximum Gasteiger partial charge on any atom is 0.263 e. The Morgan fingerprint density at radius 2 is 2.04 bits per heavy atom. The van der Waals surface area contributed by atoms with Crippen LogP contribution in [0.2, 0.25) is 0 Å². The van der Waals surface area contributed by atoms with Crippen molar-refractivity contribution in [2.75, 3.05) is 0 Å². The predicted molar refractivity (Wildman–Crippen MR) is 100 cm³/mol. The molecule has 0 amide bonds. The van der Waals surface area contributed by atoms with Gasteiger partial charge < -0.3 is 5.73 Å². The molecule has 0 saturated heterocycles. The SMILES string of the molecule is CC(C)c1ccc(-c2csc3ncn(CC(N)=S)c(=O)c23)cc1. The third kappa shape index (κ3) is 3.04. The summed E-state index contributed by atoms with van der Waals surface area (Å²) in [5.74, 6) is 0.479. The lowest BCUT2D eigenvalue weighted by atomic mass is 9.99. The van der Waals surface area contributed by atoms with E-state index in [0.717, 1.165) is 16.0 Å². The highest BCUT2D eigenvalue weighted by atomic mass is 32.1. The first-order valence-corrected chi connectivity index (χ1v) is 8.61. The fourth-order valence-corrected chi connectivity index (χ4v) is 3.55. The first kappa shape index (κ1) is 15.8. The zero-order valence-electron chi connectivity index (χ0n) is 12.9. The number of rotatable bonds is 4. The van der Waals surface area contributed by atoms with Gasteiger partial charge >= 0.3 is 0 Å². The summed E-state index contributed by atoms with van der Waals surface area (Å²) in [6.07, 6.45) is 1.51. The molecule has 0 atom stereocenters. The van der Waals surface area contributed by atoms with Crippen molar-refractivity contribution in [1.82, 2.24) is 9.55 Å². The smallest absolute Gasteiger partial charge is 0.263 e. The molecule has 0 radical (unpaired) electrons. The van der Waals surface area contributed by atoms with E-state index < -0.39 is 0 Å². The molecule has 0 saturated carbocycles. The number of nitrogens with two attached hydrogens (primary N) is 1.